The first-order chi connectivity index (χ1) is 27.1. The average molecular weight is 780 g/mol. The fraction of sp³-hybridized carbons (Fsp3) is 0.614. The zero-order valence-corrected chi connectivity index (χ0v) is 33.7. The second-order valence-corrected chi connectivity index (χ2v) is 14.8. The number of fused-ring (bicyclic) bond motifs is 1. The monoisotopic (exact) mass is 779 g/mol. The predicted octanol–water partition coefficient (Wildman–Crippen LogP) is 8.52. The first-order valence-corrected chi connectivity index (χ1v) is 20.6. The number of hydrogen-bond acceptors (Lipinski definition) is 11. The van der Waals surface area contributed by atoms with Gasteiger partial charge in [-0.1, -0.05) is 115 Å². The first kappa shape index (κ1) is 44.3. The summed E-state index contributed by atoms with van der Waals surface area (Å²) in [6.07, 6.45) is 15.3. The molecule has 12 heteroatoms. The molecule has 4 rings (SSSR count). The topological polar surface area (TPSA) is 144 Å². The van der Waals surface area contributed by atoms with E-state index >= 15 is 0 Å². The van der Waals surface area contributed by atoms with Crippen molar-refractivity contribution in [3.8, 4) is 11.5 Å². The highest BCUT2D eigenvalue weighted by Crippen LogP contribution is 2.36. The highest BCUT2D eigenvalue weighted by atomic mass is 16.7. The van der Waals surface area contributed by atoms with Crippen molar-refractivity contribution in [2.24, 2.45) is 0 Å². The van der Waals surface area contributed by atoms with Crippen LogP contribution in [0.15, 0.2) is 48.5 Å². The number of amides is 2. The number of esters is 3. The summed E-state index contributed by atoms with van der Waals surface area (Å²) in [5, 5.41) is 0. The number of carbonyl (C=O) groups excluding carboxylic acids is 5. The van der Waals surface area contributed by atoms with Crippen LogP contribution >= 0.6 is 0 Å². The fourth-order valence-electron chi connectivity index (χ4n) is 7.32. The molecule has 0 radical (unpaired) electrons. The Hall–Kier alpha value is -4.45. The van der Waals surface area contributed by atoms with Crippen molar-refractivity contribution < 1.29 is 52.4 Å². The van der Waals surface area contributed by atoms with E-state index < -0.39 is 67.0 Å². The quantitative estimate of drug-likeness (QED) is 0.0414. The molecule has 1 saturated heterocycles. The van der Waals surface area contributed by atoms with E-state index in [9.17, 15) is 24.0 Å². The summed E-state index contributed by atoms with van der Waals surface area (Å²) in [7, 11) is 0. The SMILES string of the molecule is CCCCCCCCCCCCCCCCCCOc1ccc(O[C@@H]2O[C@H](COC(C)=O)[C@@H](OC(C)=O)[C@H](OC(C)=O)[C@H]2N2C(=O)c3ccccc3C2=O)cc1. The molecular weight excluding hydrogens is 718 g/mol. The summed E-state index contributed by atoms with van der Waals surface area (Å²) in [5.41, 5.74) is 0.296. The Morgan fingerprint density at radius 2 is 1.07 bits per heavy atom. The van der Waals surface area contributed by atoms with Crippen molar-refractivity contribution in [3.63, 3.8) is 0 Å². The van der Waals surface area contributed by atoms with Crippen LogP contribution in [0.2, 0.25) is 0 Å². The fourth-order valence-corrected chi connectivity index (χ4v) is 7.32. The molecule has 0 aliphatic carbocycles. The Balaban J connectivity index is 1.32. The third-order valence-electron chi connectivity index (χ3n) is 10.1. The van der Waals surface area contributed by atoms with Crippen molar-refractivity contribution in [1.29, 1.82) is 0 Å². The van der Waals surface area contributed by atoms with Crippen molar-refractivity contribution in [3.05, 3.63) is 59.7 Å². The molecule has 0 aromatic heterocycles. The van der Waals surface area contributed by atoms with E-state index in [1.807, 2.05) is 0 Å². The van der Waals surface area contributed by atoms with Crippen LogP contribution in [0.3, 0.4) is 0 Å². The molecule has 2 aromatic rings. The molecule has 2 amide bonds. The van der Waals surface area contributed by atoms with Crippen LogP contribution in [0, 0.1) is 0 Å². The van der Waals surface area contributed by atoms with Gasteiger partial charge in [-0.15, -0.1) is 0 Å². The summed E-state index contributed by atoms with van der Waals surface area (Å²) >= 11 is 0. The lowest BCUT2D eigenvalue weighted by Crippen LogP contribution is -2.68. The van der Waals surface area contributed by atoms with Crippen LogP contribution in [0.4, 0.5) is 0 Å². The number of ether oxygens (including phenoxy) is 6. The number of unbranched alkanes of at least 4 members (excludes halogenated alkanes) is 15. The molecule has 12 nitrogen and oxygen atoms in total. The summed E-state index contributed by atoms with van der Waals surface area (Å²) in [6.45, 7) is 5.94. The minimum Gasteiger partial charge on any atom is -0.494 e. The molecule has 5 atom stereocenters. The molecule has 0 bridgehead atoms. The number of hydrogen-bond donors (Lipinski definition) is 0. The molecule has 2 aliphatic heterocycles. The largest absolute Gasteiger partial charge is 0.494 e. The smallest absolute Gasteiger partial charge is 0.303 e. The molecule has 0 unspecified atom stereocenters. The first-order valence-electron chi connectivity index (χ1n) is 20.6. The number of imide groups is 1. The molecule has 0 spiro atoms. The maximum atomic E-state index is 13.8. The Morgan fingerprint density at radius 1 is 0.607 bits per heavy atom. The molecule has 308 valence electrons. The zero-order chi connectivity index (χ0) is 40.3. The van der Waals surface area contributed by atoms with Crippen LogP contribution in [0.1, 0.15) is 151 Å². The van der Waals surface area contributed by atoms with Gasteiger partial charge in [-0.2, -0.15) is 0 Å². The van der Waals surface area contributed by atoms with Crippen LogP contribution < -0.4 is 9.47 Å². The van der Waals surface area contributed by atoms with Gasteiger partial charge in [0.2, 0.25) is 6.29 Å². The van der Waals surface area contributed by atoms with Crippen LogP contribution in [-0.4, -0.2) is 78.5 Å². The molecule has 56 heavy (non-hydrogen) atoms. The second-order valence-electron chi connectivity index (χ2n) is 14.8. The lowest BCUT2D eigenvalue weighted by atomic mass is 9.94. The van der Waals surface area contributed by atoms with Gasteiger partial charge in [0.1, 0.15) is 30.3 Å². The summed E-state index contributed by atoms with van der Waals surface area (Å²) < 4.78 is 35.0. The highest BCUT2D eigenvalue weighted by molar-refractivity contribution is 6.21. The van der Waals surface area contributed by atoms with Crippen LogP contribution in [-0.2, 0) is 33.3 Å². The minimum absolute atomic E-state index is 0.148. The van der Waals surface area contributed by atoms with Crippen molar-refractivity contribution >= 4 is 29.7 Å². The minimum atomic E-state index is -1.44. The van der Waals surface area contributed by atoms with E-state index in [0.717, 1.165) is 31.6 Å². The number of benzene rings is 2. The zero-order valence-electron chi connectivity index (χ0n) is 33.7. The van der Waals surface area contributed by atoms with Gasteiger partial charge in [-0.3, -0.25) is 28.9 Å². The van der Waals surface area contributed by atoms with Crippen molar-refractivity contribution in [2.75, 3.05) is 13.2 Å². The molecule has 2 aliphatic rings. The van der Waals surface area contributed by atoms with E-state index in [-0.39, 0.29) is 11.1 Å². The lowest BCUT2D eigenvalue weighted by Gasteiger charge is -2.46. The highest BCUT2D eigenvalue weighted by Gasteiger charge is 2.57. The van der Waals surface area contributed by atoms with E-state index in [1.165, 1.54) is 109 Å². The average Bonchev–Trinajstić information content (AvgIpc) is 3.42. The van der Waals surface area contributed by atoms with E-state index in [0.29, 0.717) is 18.1 Å². The summed E-state index contributed by atoms with van der Waals surface area (Å²) in [6, 6.07) is 11.7. The Morgan fingerprint density at radius 3 is 1.55 bits per heavy atom. The Labute approximate surface area is 331 Å². The number of nitrogens with zero attached hydrogens (tertiary/aromatic N) is 1. The van der Waals surface area contributed by atoms with Gasteiger partial charge in [0, 0.05) is 20.8 Å². The van der Waals surface area contributed by atoms with Gasteiger partial charge in [0.05, 0.1) is 17.7 Å². The van der Waals surface area contributed by atoms with E-state index in [4.69, 9.17) is 28.4 Å². The van der Waals surface area contributed by atoms with E-state index in [1.54, 1.807) is 36.4 Å². The van der Waals surface area contributed by atoms with Crippen LogP contribution in [0.25, 0.3) is 0 Å². The van der Waals surface area contributed by atoms with Crippen LogP contribution in [0.5, 0.6) is 11.5 Å². The molecule has 0 N–H and O–H groups in total. The van der Waals surface area contributed by atoms with Crippen molar-refractivity contribution in [2.45, 2.75) is 161 Å². The Bertz CT molecular complexity index is 1530. The third kappa shape index (κ3) is 13.6. The molecule has 0 saturated carbocycles. The maximum absolute atomic E-state index is 13.8. The summed E-state index contributed by atoms with van der Waals surface area (Å²) in [5.74, 6) is -2.55. The predicted molar refractivity (Wildman–Crippen MR) is 209 cm³/mol. The van der Waals surface area contributed by atoms with E-state index in [2.05, 4.69) is 6.92 Å². The van der Waals surface area contributed by atoms with Gasteiger partial charge >= 0.3 is 17.9 Å². The standard InChI is InChI=1S/C44H61NO11/c1-5-6-7-8-9-10-11-12-13-14-15-16-17-18-19-22-29-51-34-25-27-35(28-26-34)55-44-39(45-42(49)36-23-20-21-24-37(36)43(45)50)41(54-33(4)48)40(53-32(3)47)38(56-44)30-52-31(2)46/h20-21,23-28,38-41,44H,5-19,22,29-30H2,1-4H3/t38-,39-,40-,41-,44-/m1/s1. The normalized spacial score (nSPS) is 20.4. The Kier molecular flexibility index (Phi) is 18.6. The van der Waals surface area contributed by atoms with Gasteiger partial charge < -0.3 is 28.4 Å². The maximum Gasteiger partial charge on any atom is 0.303 e. The second kappa shape index (κ2) is 23.6. The van der Waals surface area contributed by atoms with Gasteiger partial charge in [0.25, 0.3) is 11.8 Å². The van der Waals surface area contributed by atoms with Crippen molar-refractivity contribution in [1.82, 2.24) is 4.90 Å². The van der Waals surface area contributed by atoms with Gasteiger partial charge in [-0.05, 0) is 42.8 Å². The molecular formula is C44H61NO11. The third-order valence-corrected chi connectivity index (χ3v) is 10.1. The van der Waals surface area contributed by atoms with Gasteiger partial charge in [0.15, 0.2) is 12.2 Å². The molecule has 2 heterocycles. The lowest BCUT2D eigenvalue weighted by molar-refractivity contribution is -0.265. The number of rotatable bonds is 25. The number of carbonyl (C=O) groups is 5. The van der Waals surface area contributed by atoms with Gasteiger partial charge in [-0.25, -0.2) is 0 Å². The molecule has 2 aromatic carbocycles. The molecule has 1 fully saturated rings. The summed E-state index contributed by atoms with van der Waals surface area (Å²) in [4.78, 5) is 65.0.